The molecular formula is C13H16BrFN2O3S. The fraction of sp³-hybridized carbons (Fsp3) is 0.538. The predicted molar refractivity (Wildman–Crippen MR) is 78.6 cm³/mol. The zero-order valence-electron chi connectivity index (χ0n) is 11.1. The molecule has 5 nitrogen and oxygen atoms in total. The van der Waals surface area contributed by atoms with Crippen molar-refractivity contribution in [1.82, 2.24) is 4.72 Å². The Morgan fingerprint density at radius 1 is 1.43 bits per heavy atom. The number of rotatable bonds is 3. The maximum absolute atomic E-state index is 13.5. The monoisotopic (exact) mass is 378 g/mol. The Labute approximate surface area is 131 Å². The molecule has 1 aliphatic carbocycles. The Morgan fingerprint density at radius 2 is 2.19 bits per heavy atom. The predicted octanol–water partition coefficient (Wildman–Crippen LogP) is 1.37. The average Bonchev–Trinajstić information content (AvgIpc) is 2.47. The fourth-order valence-electron chi connectivity index (χ4n) is 2.98. The van der Waals surface area contributed by atoms with Crippen LogP contribution in [0.15, 0.2) is 27.6 Å². The molecule has 0 aromatic heterocycles. The van der Waals surface area contributed by atoms with Crippen LogP contribution in [0.1, 0.15) is 12.8 Å². The van der Waals surface area contributed by atoms with E-state index in [0.717, 1.165) is 18.9 Å². The van der Waals surface area contributed by atoms with E-state index in [9.17, 15) is 12.8 Å². The van der Waals surface area contributed by atoms with Crippen molar-refractivity contribution in [3.8, 4) is 0 Å². The summed E-state index contributed by atoms with van der Waals surface area (Å²) < 4.78 is 46.5. The topological polar surface area (TPSA) is 81.4 Å². The van der Waals surface area contributed by atoms with Crippen molar-refractivity contribution < 1.29 is 17.5 Å². The van der Waals surface area contributed by atoms with Crippen molar-refractivity contribution in [2.45, 2.75) is 35.9 Å². The standard InChI is InChI=1S/C13H16BrFN2O3S/c14-9-4-3-7(6-10(9)15)21(18,19)17-12-11(16)8-2-1-5-20-13(8)12/h3-4,6,8,11-13,17H,1-2,5,16H2. The molecule has 0 radical (unpaired) electrons. The first-order valence-electron chi connectivity index (χ1n) is 6.75. The molecule has 8 heteroatoms. The Kier molecular flexibility index (Phi) is 4.08. The summed E-state index contributed by atoms with van der Waals surface area (Å²) in [4.78, 5) is -0.116. The summed E-state index contributed by atoms with van der Waals surface area (Å²) in [6.07, 6.45) is 1.73. The third kappa shape index (κ3) is 2.75. The molecule has 0 bridgehead atoms. The van der Waals surface area contributed by atoms with Crippen LogP contribution in [0, 0.1) is 11.7 Å². The van der Waals surface area contributed by atoms with Gasteiger partial charge in [-0.15, -0.1) is 0 Å². The number of benzene rings is 1. The number of hydrogen-bond acceptors (Lipinski definition) is 4. The Hall–Kier alpha value is -0.540. The molecule has 1 aromatic carbocycles. The van der Waals surface area contributed by atoms with Crippen molar-refractivity contribution in [2.24, 2.45) is 11.7 Å². The molecule has 4 atom stereocenters. The van der Waals surface area contributed by atoms with Crippen LogP contribution in [0.5, 0.6) is 0 Å². The lowest BCUT2D eigenvalue weighted by Gasteiger charge is -2.52. The van der Waals surface area contributed by atoms with Gasteiger partial charge >= 0.3 is 0 Å². The zero-order valence-corrected chi connectivity index (χ0v) is 13.5. The van der Waals surface area contributed by atoms with Gasteiger partial charge < -0.3 is 10.5 Å². The molecule has 0 amide bonds. The first kappa shape index (κ1) is 15.4. The van der Waals surface area contributed by atoms with E-state index in [-0.39, 0.29) is 27.4 Å². The van der Waals surface area contributed by atoms with Crippen LogP contribution < -0.4 is 10.5 Å². The summed E-state index contributed by atoms with van der Waals surface area (Å²) in [6.45, 7) is 0.624. The molecule has 116 valence electrons. The Balaban J connectivity index is 1.78. The number of fused-ring (bicyclic) bond motifs is 1. The van der Waals surface area contributed by atoms with Crippen LogP contribution in [0.25, 0.3) is 0 Å². The van der Waals surface area contributed by atoms with Crippen molar-refractivity contribution in [2.75, 3.05) is 6.61 Å². The van der Waals surface area contributed by atoms with E-state index in [4.69, 9.17) is 10.5 Å². The lowest BCUT2D eigenvalue weighted by molar-refractivity contribution is -0.114. The lowest BCUT2D eigenvalue weighted by Crippen LogP contribution is -2.71. The molecule has 1 saturated carbocycles. The average molecular weight is 379 g/mol. The largest absolute Gasteiger partial charge is 0.376 e. The van der Waals surface area contributed by atoms with Crippen LogP contribution in [0.2, 0.25) is 0 Å². The van der Waals surface area contributed by atoms with Gasteiger partial charge in [0, 0.05) is 18.6 Å². The summed E-state index contributed by atoms with van der Waals surface area (Å²) in [5.74, 6) is -0.421. The highest BCUT2D eigenvalue weighted by molar-refractivity contribution is 9.10. The van der Waals surface area contributed by atoms with Gasteiger partial charge in [-0.25, -0.2) is 17.5 Å². The van der Waals surface area contributed by atoms with Gasteiger partial charge in [-0.2, -0.15) is 0 Å². The lowest BCUT2D eigenvalue weighted by atomic mass is 9.69. The minimum absolute atomic E-state index is 0.116. The van der Waals surface area contributed by atoms with E-state index in [0.29, 0.717) is 6.61 Å². The molecule has 1 heterocycles. The molecule has 21 heavy (non-hydrogen) atoms. The maximum Gasteiger partial charge on any atom is 0.241 e. The first-order chi connectivity index (χ1) is 9.90. The quantitative estimate of drug-likeness (QED) is 0.832. The van der Waals surface area contributed by atoms with Gasteiger partial charge in [0.05, 0.1) is 21.5 Å². The SMILES string of the molecule is NC1C2CCCOC2C1NS(=O)(=O)c1ccc(Br)c(F)c1. The van der Waals surface area contributed by atoms with Crippen LogP contribution in [0.3, 0.4) is 0 Å². The van der Waals surface area contributed by atoms with Gasteiger partial charge in [0.25, 0.3) is 0 Å². The van der Waals surface area contributed by atoms with E-state index in [1.807, 2.05) is 0 Å². The van der Waals surface area contributed by atoms with Crippen molar-refractivity contribution in [3.63, 3.8) is 0 Å². The molecule has 1 aromatic rings. The molecule has 0 spiro atoms. The highest BCUT2D eigenvalue weighted by Gasteiger charge is 2.51. The molecule has 4 unspecified atom stereocenters. The van der Waals surface area contributed by atoms with Crippen molar-refractivity contribution in [3.05, 3.63) is 28.5 Å². The van der Waals surface area contributed by atoms with Crippen LogP contribution in [0.4, 0.5) is 4.39 Å². The van der Waals surface area contributed by atoms with Crippen LogP contribution >= 0.6 is 15.9 Å². The fourth-order valence-corrected chi connectivity index (χ4v) is 4.52. The maximum atomic E-state index is 13.5. The molecule has 2 aliphatic rings. The first-order valence-corrected chi connectivity index (χ1v) is 9.02. The number of nitrogens with one attached hydrogen (secondary N) is 1. The second-order valence-electron chi connectivity index (χ2n) is 5.44. The number of halogens is 2. The number of sulfonamides is 1. The van der Waals surface area contributed by atoms with Crippen LogP contribution in [-0.4, -0.2) is 33.2 Å². The zero-order chi connectivity index (χ0) is 15.2. The molecule has 2 fully saturated rings. The third-order valence-corrected chi connectivity index (χ3v) is 6.27. The van der Waals surface area contributed by atoms with Gasteiger partial charge in [0.15, 0.2) is 0 Å². The van der Waals surface area contributed by atoms with Gasteiger partial charge in [0.2, 0.25) is 10.0 Å². The Bertz CT molecular complexity index is 655. The normalized spacial score (nSPS) is 32.3. The molecule has 3 rings (SSSR count). The number of hydrogen-bond donors (Lipinski definition) is 2. The van der Waals surface area contributed by atoms with E-state index >= 15 is 0 Å². The smallest absolute Gasteiger partial charge is 0.241 e. The summed E-state index contributed by atoms with van der Waals surface area (Å²) in [5.41, 5.74) is 6.03. The van der Waals surface area contributed by atoms with Crippen LogP contribution in [-0.2, 0) is 14.8 Å². The summed E-state index contributed by atoms with van der Waals surface area (Å²) in [6, 6.07) is 2.98. The minimum atomic E-state index is -3.81. The summed E-state index contributed by atoms with van der Waals surface area (Å²) in [5, 5.41) is 0. The van der Waals surface area contributed by atoms with Gasteiger partial charge in [0.1, 0.15) is 5.82 Å². The van der Waals surface area contributed by atoms with Crippen molar-refractivity contribution in [1.29, 1.82) is 0 Å². The molecule has 1 aliphatic heterocycles. The van der Waals surface area contributed by atoms with Crippen molar-refractivity contribution >= 4 is 26.0 Å². The highest BCUT2D eigenvalue weighted by atomic mass is 79.9. The Morgan fingerprint density at radius 3 is 2.90 bits per heavy atom. The summed E-state index contributed by atoms with van der Waals surface area (Å²) >= 11 is 3.00. The highest BCUT2D eigenvalue weighted by Crippen LogP contribution is 2.37. The van der Waals surface area contributed by atoms with E-state index in [2.05, 4.69) is 20.7 Å². The van der Waals surface area contributed by atoms with E-state index < -0.39 is 21.9 Å². The van der Waals surface area contributed by atoms with E-state index in [1.165, 1.54) is 12.1 Å². The number of nitrogens with two attached hydrogens (primary N) is 1. The molecule has 3 N–H and O–H groups in total. The summed E-state index contributed by atoms with van der Waals surface area (Å²) in [7, 11) is -3.81. The molecular weight excluding hydrogens is 363 g/mol. The van der Waals surface area contributed by atoms with Gasteiger partial charge in [-0.1, -0.05) is 0 Å². The van der Waals surface area contributed by atoms with Gasteiger partial charge in [-0.3, -0.25) is 0 Å². The third-order valence-electron chi connectivity index (χ3n) is 4.17. The second-order valence-corrected chi connectivity index (χ2v) is 8.01. The van der Waals surface area contributed by atoms with E-state index in [1.54, 1.807) is 0 Å². The minimum Gasteiger partial charge on any atom is -0.376 e. The van der Waals surface area contributed by atoms with Gasteiger partial charge in [-0.05, 0) is 47.0 Å². The second kappa shape index (κ2) is 5.58. The number of ether oxygens (including phenoxy) is 1. The molecule has 1 saturated heterocycles.